The highest BCUT2D eigenvalue weighted by Crippen LogP contribution is 2.24. The van der Waals surface area contributed by atoms with E-state index in [4.69, 9.17) is 27.9 Å². The van der Waals surface area contributed by atoms with Gasteiger partial charge in [-0.3, -0.25) is 4.79 Å². The first-order chi connectivity index (χ1) is 11.1. The minimum absolute atomic E-state index is 0.0917. The van der Waals surface area contributed by atoms with E-state index in [1.807, 2.05) is 24.3 Å². The quantitative estimate of drug-likeness (QED) is 0.797. The van der Waals surface area contributed by atoms with Crippen molar-refractivity contribution in [2.75, 3.05) is 25.5 Å². The molecule has 0 atom stereocenters. The first kappa shape index (κ1) is 17.4. The van der Waals surface area contributed by atoms with E-state index in [2.05, 4.69) is 10.6 Å². The molecule has 0 aliphatic carbocycles. The zero-order chi connectivity index (χ0) is 16.7. The van der Waals surface area contributed by atoms with Crippen LogP contribution < -0.4 is 15.4 Å². The summed E-state index contributed by atoms with van der Waals surface area (Å²) < 4.78 is 5.28. The predicted molar refractivity (Wildman–Crippen MR) is 94.7 cm³/mol. The molecule has 1 amide bonds. The number of benzene rings is 2. The number of rotatable bonds is 7. The van der Waals surface area contributed by atoms with Crippen LogP contribution in [0.5, 0.6) is 5.75 Å². The minimum atomic E-state index is -0.0917. The molecule has 0 fully saturated rings. The Kier molecular flexibility index (Phi) is 6.56. The van der Waals surface area contributed by atoms with Crippen molar-refractivity contribution in [1.82, 2.24) is 5.32 Å². The Bertz CT molecular complexity index is 677. The lowest BCUT2D eigenvalue weighted by molar-refractivity contribution is -0.119. The highest BCUT2D eigenvalue weighted by Gasteiger charge is 2.05. The molecule has 0 saturated heterocycles. The van der Waals surface area contributed by atoms with Crippen molar-refractivity contribution in [3.05, 3.63) is 58.1 Å². The molecule has 0 aliphatic heterocycles. The number of carbonyl (C=O) groups excluding carboxylic acids is 1. The lowest BCUT2D eigenvalue weighted by Gasteiger charge is -2.10. The molecule has 2 aromatic carbocycles. The number of nitrogens with one attached hydrogen (secondary N) is 2. The number of methoxy groups -OCH3 is 1. The highest BCUT2D eigenvalue weighted by molar-refractivity contribution is 6.42. The Morgan fingerprint density at radius 3 is 2.65 bits per heavy atom. The van der Waals surface area contributed by atoms with Gasteiger partial charge in [-0.1, -0.05) is 41.4 Å². The van der Waals surface area contributed by atoms with Gasteiger partial charge >= 0.3 is 0 Å². The van der Waals surface area contributed by atoms with Gasteiger partial charge in [-0.15, -0.1) is 0 Å². The zero-order valence-electron chi connectivity index (χ0n) is 12.7. The average Bonchev–Trinajstić information content (AvgIpc) is 2.56. The van der Waals surface area contributed by atoms with Gasteiger partial charge in [0.25, 0.3) is 0 Å². The fourth-order valence-electron chi connectivity index (χ4n) is 2.10. The molecule has 2 N–H and O–H groups in total. The number of hydrogen-bond acceptors (Lipinski definition) is 3. The molecule has 0 radical (unpaired) electrons. The van der Waals surface area contributed by atoms with Gasteiger partial charge in [-0.25, -0.2) is 0 Å². The third-order valence-electron chi connectivity index (χ3n) is 3.28. The first-order valence-corrected chi connectivity index (χ1v) is 7.93. The first-order valence-electron chi connectivity index (χ1n) is 7.17. The van der Waals surface area contributed by atoms with Crippen LogP contribution in [0.2, 0.25) is 10.0 Å². The van der Waals surface area contributed by atoms with E-state index in [1.165, 1.54) is 0 Å². The molecule has 0 saturated carbocycles. The summed E-state index contributed by atoms with van der Waals surface area (Å²) >= 11 is 11.8. The summed E-state index contributed by atoms with van der Waals surface area (Å²) in [6.07, 6.45) is 0.711. The van der Waals surface area contributed by atoms with Gasteiger partial charge in [0, 0.05) is 12.2 Å². The molecule has 0 unspecified atom stereocenters. The van der Waals surface area contributed by atoms with Crippen LogP contribution in [0.1, 0.15) is 5.56 Å². The summed E-state index contributed by atoms with van der Waals surface area (Å²) in [4.78, 5) is 11.8. The van der Waals surface area contributed by atoms with Gasteiger partial charge in [-0.2, -0.15) is 0 Å². The predicted octanol–water partition coefficient (Wildman–Crippen LogP) is 3.77. The molecule has 2 rings (SSSR count). The summed E-state index contributed by atoms with van der Waals surface area (Å²) in [5, 5.41) is 6.80. The van der Waals surface area contributed by atoms with Crippen LogP contribution >= 0.6 is 23.2 Å². The van der Waals surface area contributed by atoms with Gasteiger partial charge in [0.05, 0.1) is 23.7 Å². The maximum atomic E-state index is 11.8. The number of halogens is 2. The lowest BCUT2D eigenvalue weighted by Crippen LogP contribution is -2.31. The SMILES string of the molecule is COc1ccccc1CCNC(=O)CNc1ccc(Cl)c(Cl)c1. The third kappa shape index (κ3) is 5.34. The van der Waals surface area contributed by atoms with Gasteiger partial charge in [0.2, 0.25) is 5.91 Å². The van der Waals surface area contributed by atoms with E-state index in [0.717, 1.165) is 17.0 Å². The van der Waals surface area contributed by atoms with Crippen molar-refractivity contribution in [1.29, 1.82) is 0 Å². The van der Waals surface area contributed by atoms with Crippen LogP contribution in [-0.2, 0) is 11.2 Å². The number of anilines is 1. The molecule has 2 aromatic rings. The van der Waals surface area contributed by atoms with E-state index in [0.29, 0.717) is 23.0 Å². The summed E-state index contributed by atoms with van der Waals surface area (Å²) in [5.74, 6) is 0.738. The zero-order valence-corrected chi connectivity index (χ0v) is 14.2. The van der Waals surface area contributed by atoms with Crippen LogP contribution in [0, 0.1) is 0 Å². The van der Waals surface area contributed by atoms with Crippen molar-refractivity contribution >= 4 is 34.8 Å². The van der Waals surface area contributed by atoms with Crippen LogP contribution in [0.4, 0.5) is 5.69 Å². The number of amides is 1. The van der Waals surface area contributed by atoms with E-state index < -0.39 is 0 Å². The minimum Gasteiger partial charge on any atom is -0.496 e. The molecule has 0 spiro atoms. The van der Waals surface area contributed by atoms with Crippen molar-refractivity contribution in [3.63, 3.8) is 0 Å². The molecule has 4 nitrogen and oxygen atoms in total. The molecule has 122 valence electrons. The average molecular weight is 353 g/mol. The van der Waals surface area contributed by atoms with Crippen molar-refractivity contribution in [3.8, 4) is 5.75 Å². The van der Waals surface area contributed by atoms with Crippen molar-refractivity contribution in [2.24, 2.45) is 0 Å². The molecule has 0 aliphatic rings. The maximum absolute atomic E-state index is 11.8. The Balaban J connectivity index is 1.76. The Hall–Kier alpha value is -1.91. The maximum Gasteiger partial charge on any atom is 0.239 e. The standard InChI is InChI=1S/C17H18Cl2N2O2/c1-23-16-5-3-2-4-12(16)8-9-20-17(22)11-21-13-6-7-14(18)15(19)10-13/h2-7,10,21H,8-9,11H2,1H3,(H,20,22). The van der Waals surface area contributed by atoms with Crippen LogP contribution in [0.3, 0.4) is 0 Å². The second-order valence-corrected chi connectivity index (χ2v) is 5.71. The smallest absolute Gasteiger partial charge is 0.239 e. The summed E-state index contributed by atoms with van der Waals surface area (Å²) in [7, 11) is 1.64. The van der Waals surface area contributed by atoms with Crippen molar-refractivity contribution in [2.45, 2.75) is 6.42 Å². The Morgan fingerprint density at radius 2 is 1.91 bits per heavy atom. The second kappa shape index (κ2) is 8.65. The number of hydrogen-bond donors (Lipinski definition) is 2. The van der Waals surface area contributed by atoms with Gasteiger partial charge < -0.3 is 15.4 Å². The third-order valence-corrected chi connectivity index (χ3v) is 4.02. The van der Waals surface area contributed by atoms with Crippen LogP contribution in [0.25, 0.3) is 0 Å². The topological polar surface area (TPSA) is 50.4 Å². The highest BCUT2D eigenvalue weighted by atomic mass is 35.5. The number of ether oxygens (including phenoxy) is 1. The van der Waals surface area contributed by atoms with Gasteiger partial charge in [-0.05, 0) is 36.2 Å². The molecule has 23 heavy (non-hydrogen) atoms. The summed E-state index contributed by atoms with van der Waals surface area (Å²) in [6, 6.07) is 12.9. The second-order valence-electron chi connectivity index (χ2n) is 4.89. The summed E-state index contributed by atoms with van der Waals surface area (Å²) in [6.45, 7) is 0.714. The molecular weight excluding hydrogens is 335 g/mol. The van der Waals surface area contributed by atoms with E-state index in [1.54, 1.807) is 25.3 Å². The number of para-hydroxylation sites is 1. The fraction of sp³-hybridized carbons (Fsp3) is 0.235. The number of carbonyl (C=O) groups is 1. The normalized spacial score (nSPS) is 10.2. The molecular formula is C17H18Cl2N2O2. The molecule has 6 heteroatoms. The van der Waals surface area contributed by atoms with Gasteiger partial charge in [0.1, 0.15) is 5.75 Å². The van der Waals surface area contributed by atoms with E-state index in [-0.39, 0.29) is 12.5 Å². The van der Waals surface area contributed by atoms with E-state index >= 15 is 0 Å². The van der Waals surface area contributed by atoms with Crippen molar-refractivity contribution < 1.29 is 9.53 Å². The Morgan fingerprint density at radius 1 is 1.13 bits per heavy atom. The van der Waals surface area contributed by atoms with Crippen LogP contribution in [0.15, 0.2) is 42.5 Å². The summed E-state index contributed by atoms with van der Waals surface area (Å²) in [5.41, 5.74) is 1.81. The molecule has 0 heterocycles. The molecule has 0 aromatic heterocycles. The van der Waals surface area contributed by atoms with Crippen LogP contribution in [-0.4, -0.2) is 26.1 Å². The largest absolute Gasteiger partial charge is 0.496 e. The Labute approximate surface area is 145 Å². The monoisotopic (exact) mass is 352 g/mol. The fourth-order valence-corrected chi connectivity index (χ4v) is 2.40. The van der Waals surface area contributed by atoms with E-state index in [9.17, 15) is 4.79 Å². The molecule has 0 bridgehead atoms. The van der Waals surface area contributed by atoms with Gasteiger partial charge in [0.15, 0.2) is 0 Å². The lowest BCUT2D eigenvalue weighted by atomic mass is 10.1.